The molecule has 0 radical (unpaired) electrons. The molecule has 4 aliphatic rings. The van der Waals surface area contributed by atoms with E-state index in [2.05, 4.69) is 0 Å². The van der Waals surface area contributed by atoms with E-state index in [-0.39, 0.29) is 24.5 Å². The van der Waals surface area contributed by atoms with Gasteiger partial charge < -0.3 is 5.11 Å². The van der Waals surface area contributed by atoms with E-state index in [0.29, 0.717) is 21.8 Å². The number of carbonyl (C=O) groups excluding carboxylic acids is 4. The molecule has 2 heterocycles. The fraction of sp³-hybridized carbons (Fsp3) is 0.357. The van der Waals surface area contributed by atoms with Crippen LogP contribution in [0.5, 0.6) is 5.75 Å². The van der Waals surface area contributed by atoms with E-state index in [1.54, 1.807) is 30.3 Å². The first-order chi connectivity index (χ1) is 17.9. The van der Waals surface area contributed by atoms with Crippen LogP contribution in [0.1, 0.15) is 29.9 Å². The Kier molecular flexibility index (Phi) is 5.56. The number of halogens is 3. The molecule has 10 heteroatoms. The Hall–Kier alpha value is -2.87. The topological polar surface area (TPSA) is 95.0 Å². The summed E-state index contributed by atoms with van der Waals surface area (Å²) in [6.45, 7) is 1.83. The summed E-state index contributed by atoms with van der Waals surface area (Å²) in [5, 5.41) is 10.3. The third-order valence-corrected chi connectivity index (χ3v) is 10.5. The van der Waals surface area contributed by atoms with Crippen molar-refractivity contribution in [2.75, 3.05) is 11.9 Å². The third-order valence-electron chi connectivity index (χ3n) is 8.65. The number of imide groups is 2. The van der Waals surface area contributed by atoms with Crippen LogP contribution in [0.3, 0.4) is 0 Å². The molecule has 1 N–H and O–H groups in total. The summed E-state index contributed by atoms with van der Waals surface area (Å²) in [5.74, 6) is -4.86. The molecular formula is C28H23Cl3N2O5. The number of anilines is 1. The number of rotatable bonds is 2. The maximum absolute atomic E-state index is 13.9. The van der Waals surface area contributed by atoms with Gasteiger partial charge in [-0.3, -0.25) is 24.1 Å². The summed E-state index contributed by atoms with van der Waals surface area (Å²) in [5.41, 5.74) is 2.48. The van der Waals surface area contributed by atoms with Gasteiger partial charge in [-0.2, -0.15) is 0 Å². The van der Waals surface area contributed by atoms with Gasteiger partial charge in [-0.15, -0.1) is 23.2 Å². The summed E-state index contributed by atoms with van der Waals surface area (Å²) in [6, 6.07) is 11.2. The Morgan fingerprint density at radius 3 is 2.29 bits per heavy atom. The second kappa shape index (κ2) is 8.31. The highest BCUT2D eigenvalue weighted by molar-refractivity contribution is 6.53. The van der Waals surface area contributed by atoms with Crippen LogP contribution < -0.4 is 4.90 Å². The van der Waals surface area contributed by atoms with Crippen molar-refractivity contribution in [1.29, 1.82) is 0 Å². The van der Waals surface area contributed by atoms with Crippen LogP contribution in [0.2, 0.25) is 5.02 Å². The first kappa shape index (κ1) is 25.4. The Bertz CT molecular complexity index is 1470. The Morgan fingerprint density at radius 2 is 1.63 bits per heavy atom. The standard InChI is InChI=1S/C28H23Cl3N2O5/c1-13-3-6-15(11-20(13)29)33-23(35)18-10-9-17-19(21(18)24(33)36)12-27(30)25(37)32(2)26(38)28(27,31)22(17)14-4-7-16(34)8-5-14/h3-9,11,18-19,21-22,34H,10,12H2,1-2H3. The number of aryl methyl sites for hydroxylation is 1. The van der Waals surface area contributed by atoms with Crippen molar-refractivity contribution < 1.29 is 24.3 Å². The van der Waals surface area contributed by atoms with E-state index >= 15 is 0 Å². The molecule has 196 valence electrons. The molecule has 2 aromatic rings. The SMILES string of the molecule is Cc1ccc(N2C(=O)C3CC=C4C(CC5(Cl)C(=O)N(C)C(=O)C5(Cl)C4c4ccc(O)cc4)C3C2=O)cc1Cl. The molecule has 0 bridgehead atoms. The smallest absolute Gasteiger partial charge is 0.253 e. The molecule has 4 amide bonds. The number of phenols is 1. The molecule has 2 aromatic carbocycles. The number of allylic oxidation sites excluding steroid dienone is 2. The van der Waals surface area contributed by atoms with Gasteiger partial charge >= 0.3 is 0 Å². The van der Waals surface area contributed by atoms with Crippen LogP contribution in [-0.2, 0) is 19.2 Å². The number of benzene rings is 2. The molecule has 6 unspecified atom stereocenters. The van der Waals surface area contributed by atoms with E-state index in [1.165, 1.54) is 24.1 Å². The predicted molar refractivity (Wildman–Crippen MR) is 142 cm³/mol. The number of fused-ring (bicyclic) bond motifs is 4. The average molecular weight is 574 g/mol. The predicted octanol–water partition coefficient (Wildman–Crippen LogP) is 4.55. The number of likely N-dealkylation sites (tertiary alicyclic amines) is 1. The first-order valence-corrected chi connectivity index (χ1v) is 13.4. The minimum absolute atomic E-state index is 0.0227. The summed E-state index contributed by atoms with van der Waals surface area (Å²) < 4.78 is 0. The molecule has 1 saturated carbocycles. The van der Waals surface area contributed by atoms with Crippen molar-refractivity contribution in [3.63, 3.8) is 0 Å². The average Bonchev–Trinajstić information content (AvgIpc) is 3.21. The number of phenolic OH excluding ortho intramolecular Hbond substituents is 1. The van der Waals surface area contributed by atoms with Gasteiger partial charge in [-0.25, -0.2) is 4.90 Å². The monoisotopic (exact) mass is 572 g/mol. The zero-order valence-electron chi connectivity index (χ0n) is 20.5. The van der Waals surface area contributed by atoms with Gasteiger partial charge in [0.1, 0.15) is 5.75 Å². The molecule has 6 rings (SSSR count). The molecule has 0 aromatic heterocycles. The summed E-state index contributed by atoms with van der Waals surface area (Å²) in [7, 11) is 1.35. The third kappa shape index (κ3) is 3.09. The highest BCUT2D eigenvalue weighted by atomic mass is 35.5. The number of alkyl halides is 2. The molecular weight excluding hydrogens is 551 g/mol. The second-order valence-electron chi connectivity index (χ2n) is 10.5. The second-order valence-corrected chi connectivity index (χ2v) is 12.2. The van der Waals surface area contributed by atoms with Gasteiger partial charge in [0.2, 0.25) is 11.8 Å². The lowest BCUT2D eigenvalue weighted by Gasteiger charge is -2.50. The zero-order valence-corrected chi connectivity index (χ0v) is 22.7. The van der Waals surface area contributed by atoms with E-state index in [9.17, 15) is 24.3 Å². The molecule has 38 heavy (non-hydrogen) atoms. The van der Waals surface area contributed by atoms with Crippen LogP contribution in [0.15, 0.2) is 54.1 Å². The highest BCUT2D eigenvalue weighted by Crippen LogP contribution is 2.65. The van der Waals surface area contributed by atoms with Gasteiger partial charge in [0, 0.05) is 18.0 Å². The quantitative estimate of drug-likeness (QED) is 0.323. The normalized spacial score (nSPS) is 34.3. The van der Waals surface area contributed by atoms with Crippen molar-refractivity contribution in [2.45, 2.75) is 35.4 Å². The van der Waals surface area contributed by atoms with Gasteiger partial charge in [-0.1, -0.05) is 41.4 Å². The molecule has 3 fully saturated rings. The molecule has 2 aliphatic heterocycles. The summed E-state index contributed by atoms with van der Waals surface area (Å²) in [4.78, 5) is 52.9. The molecule has 2 aliphatic carbocycles. The highest BCUT2D eigenvalue weighted by Gasteiger charge is 2.75. The molecule has 0 spiro atoms. The number of amides is 4. The van der Waals surface area contributed by atoms with E-state index in [0.717, 1.165) is 10.5 Å². The number of nitrogens with zero attached hydrogens (tertiary/aromatic N) is 2. The Labute approximate surface area is 233 Å². The van der Waals surface area contributed by atoms with Gasteiger partial charge in [0.05, 0.1) is 17.5 Å². The van der Waals surface area contributed by atoms with E-state index < -0.39 is 51.1 Å². The van der Waals surface area contributed by atoms with Crippen molar-refractivity contribution >= 4 is 64.1 Å². The fourth-order valence-corrected chi connectivity index (χ4v) is 7.95. The van der Waals surface area contributed by atoms with Crippen LogP contribution in [-0.4, -0.2) is 50.4 Å². The van der Waals surface area contributed by atoms with Crippen molar-refractivity contribution in [3.8, 4) is 5.75 Å². The molecule has 2 saturated heterocycles. The van der Waals surface area contributed by atoms with Crippen molar-refractivity contribution in [1.82, 2.24) is 4.90 Å². The van der Waals surface area contributed by atoms with Gasteiger partial charge in [0.15, 0.2) is 9.75 Å². The number of hydrogen-bond acceptors (Lipinski definition) is 5. The Balaban J connectivity index is 1.50. The maximum Gasteiger partial charge on any atom is 0.253 e. The number of hydrogen-bond donors (Lipinski definition) is 1. The lowest BCUT2D eigenvalue weighted by atomic mass is 9.56. The van der Waals surface area contributed by atoms with Crippen molar-refractivity contribution in [3.05, 3.63) is 70.3 Å². The van der Waals surface area contributed by atoms with Crippen LogP contribution in [0, 0.1) is 24.7 Å². The first-order valence-electron chi connectivity index (χ1n) is 12.2. The maximum atomic E-state index is 13.9. The molecule has 6 atom stereocenters. The van der Waals surface area contributed by atoms with E-state index in [1.807, 2.05) is 13.0 Å². The number of aromatic hydroxyl groups is 1. The van der Waals surface area contributed by atoms with Crippen LogP contribution >= 0.6 is 34.8 Å². The molecule has 7 nitrogen and oxygen atoms in total. The van der Waals surface area contributed by atoms with Crippen LogP contribution in [0.4, 0.5) is 5.69 Å². The lowest BCUT2D eigenvalue weighted by Crippen LogP contribution is -2.60. The van der Waals surface area contributed by atoms with Gasteiger partial charge in [-0.05, 0) is 61.1 Å². The Morgan fingerprint density at radius 1 is 0.947 bits per heavy atom. The van der Waals surface area contributed by atoms with Gasteiger partial charge in [0.25, 0.3) is 11.8 Å². The van der Waals surface area contributed by atoms with Crippen LogP contribution in [0.25, 0.3) is 0 Å². The number of carbonyl (C=O) groups is 4. The minimum Gasteiger partial charge on any atom is -0.508 e. The summed E-state index contributed by atoms with van der Waals surface area (Å²) >= 11 is 20.5. The lowest BCUT2D eigenvalue weighted by molar-refractivity contribution is -0.138. The largest absolute Gasteiger partial charge is 0.508 e. The zero-order chi connectivity index (χ0) is 27.3. The summed E-state index contributed by atoms with van der Waals surface area (Å²) in [6.07, 6.45) is 2.07. The van der Waals surface area contributed by atoms with Crippen molar-refractivity contribution in [2.24, 2.45) is 17.8 Å². The fourth-order valence-electron chi connectivity index (χ4n) is 6.76. The minimum atomic E-state index is -1.84. The van der Waals surface area contributed by atoms with E-state index in [4.69, 9.17) is 34.8 Å².